The van der Waals surface area contributed by atoms with Gasteiger partial charge in [0, 0.05) is 42.5 Å². The van der Waals surface area contributed by atoms with E-state index in [0.29, 0.717) is 30.6 Å². The second-order valence-corrected chi connectivity index (χ2v) is 5.55. The molecule has 0 spiro atoms. The molecular formula is C15H19N5O. The molecule has 0 radical (unpaired) electrons. The van der Waals surface area contributed by atoms with Crippen LogP contribution in [0, 0.1) is 0 Å². The molecule has 0 aliphatic heterocycles. The van der Waals surface area contributed by atoms with Crippen LogP contribution < -0.4 is 11.1 Å². The molecule has 2 heterocycles. The molecule has 21 heavy (non-hydrogen) atoms. The van der Waals surface area contributed by atoms with Gasteiger partial charge in [0.2, 0.25) is 5.91 Å². The lowest BCUT2D eigenvalue weighted by Gasteiger charge is -2.31. The molecule has 6 nitrogen and oxygen atoms in total. The molecule has 1 aliphatic carbocycles. The number of nitrogens with one attached hydrogen (secondary N) is 2. The normalized spacial score (nSPS) is 20.8. The van der Waals surface area contributed by atoms with Crippen LogP contribution >= 0.6 is 0 Å². The third kappa shape index (κ3) is 3.46. The summed E-state index contributed by atoms with van der Waals surface area (Å²) < 4.78 is 0. The maximum atomic E-state index is 11.9. The summed E-state index contributed by atoms with van der Waals surface area (Å²) in [6.45, 7) is 0. The maximum absolute atomic E-state index is 11.9. The summed E-state index contributed by atoms with van der Waals surface area (Å²) in [7, 11) is 0. The zero-order valence-corrected chi connectivity index (χ0v) is 11.7. The highest BCUT2D eigenvalue weighted by Crippen LogP contribution is 2.35. The first-order valence-electron chi connectivity index (χ1n) is 7.20. The number of carbonyl (C=O) groups is 1. The number of anilines is 1. The van der Waals surface area contributed by atoms with Crippen molar-refractivity contribution in [3.63, 3.8) is 0 Å². The molecular weight excluding hydrogens is 266 g/mol. The van der Waals surface area contributed by atoms with Crippen molar-refractivity contribution in [3.05, 3.63) is 41.9 Å². The molecule has 4 N–H and O–H groups in total. The van der Waals surface area contributed by atoms with E-state index in [1.807, 2.05) is 18.2 Å². The second kappa shape index (κ2) is 6.05. The van der Waals surface area contributed by atoms with Crippen molar-refractivity contribution in [2.75, 3.05) is 5.32 Å². The lowest BCUT2D eigenvalue weighted by molar-refractivity contribution is -0.116. The van der Waals surface area contributed by atoms with Gasteiger partial charge in [-0.05, 0) is 30.9 Å². The number of H-pyrrole nitrogens is 1. The Labute approximate surface area is 123 Å². The topological polar surface area (TPSA) is 96.7 Å². The van der Waals surface area contributed by atoms with Crippen LogP contribution in [0.1, 0.15) is 36.4 Å². The van der Waals surface area contributed by atoms with Gasteiger partial charge in [0.15, 0.2) is 5.82 Å². The fraction of sp³-hybridized carbons (Fsp3) is 0.400. The smallest absolute Gasteiger partial charge is 0.225 e. The summed E-state index contributed by atoms with van der Waals surface area (Å²) in [5.41, 5.74) is 7.89. The minimum atomic E-state index is -0.0396. The number of aromatic nitrogens is 3. The monoisotopic (exact) mass is 285 g/mol. The quantitative estimate of drug-likeness (QED) is 0.777. The summed E-state index contributed by atoms with van der Waals surface area (Å²) in [4.78, 5) is 15.9. The van der Waals surface area contributed by atoms with Crippen LogP contribution in [0.4, 0.5) is 5.82 Å². The van der Waals surface area contributed by atoms with Crippen molar-refractivity contribution >= 4 is 11.7 Å². The fourth-order valence-corrected chi connectivity index (χ4v) is 2.53. The Morgan fingerprint density at radius 2 is 2.33 bits per heavy atom. The Morgan fingerprint density at radius 3 is 3.05 bits per heavy atom. The van der Waals surface area contributed by atoms with E-state index in [1.165, 1.54) is 0 Å². The number of rotatable bonds is 5. The number of aryl methyl sites for hydroxylation is 1. The Morgan fingerprint density at radius 1 is 1.48 bits per heavy atom. The van der Waals surface area contributed by atoms with Gasteiger partial charge in [0.1, 0.15) is 0 Å². The van der Waals surface area contributed by atoms with E-state index in [2.05, 4.69) is 20.5 Å². The number of carbonyl (C=O) groups excluding carboxylic acids is 1. The number of hydrogen-bond acceptors (Lipinski definition) is 4. The van der Waals surface area contributed by atoms with Crippen LogP contribution in [0.5, 0.6) is 0 Å². The van der Waals surface area contributed by atoms with Gasteiger partial charge < -0.3 is 11.1 Å². The van der Waals surface area contributed by atoms with E-state index in [0.717, 1.165) is 24.1 Å². The summed E-state index contributed by atoms with van der Waals surface area (Å²) in [5.74, 6) is 0.998. The molecule has 0 aromatic carbocycles. The van der Waals surface area contributed by atoms with E-state index >= 15 is 0 Å². The number of pyridine rings is 1. The van der Waals surface area contributed by atoms with Gasteiger partial charge in [0.25, 0.3) is 0 Å². The van der Waals surface area contributed by atoms with E-state index in [9.17, 15) is 4.79 Å². The van der Waals surface area contributed by atoms with Crippen LogP contribution in [-0.2, 0) is 11.2 Å². The molecule has 1 amide bonds. The van der Waals surface area contributed by atoms with Crippen molar-refractivity contribution in [2.24, 2.45) is 5.73 Å². The first-order valence-corrected chi connectivity index (χ1v) is 7.20. The van der Waals surface area contributed by atoms with Crippen molar-refractivity contribution in [1.29, 1.82) is 0 Å². The molecule has 0 atom stereocenters. The average molecular weight is 285 g/mol. The van der Waals surface area contributed by atoms with Crippen LogP contribution in [0.3, 0.4) is 0 Å². The minimum Gasteiger partial charge on any atom is -0.328 e. The highest BCUT2D eigenvalue weighted by atomic mass is 16.1. The fourth-order valence-electron chi connectivity index (χ4n) is 2.53. The van der Waals surface area contributed by atoms with E-state index in [-0.39, 0.29) is 5.91 Å². The first kappa shape index (κ1) is 13.8. The molecule has 6 heteroatoms. The van der Waals surface area contributed by atoms with Crippen LogP contribution in [-0.4, -0.2) is 27.1 Å². The number of hydrogen-bond donors (Lipinski definition) is 3. The van der Waals surface area contributed by atoms with Gasteiger partial charge in [0.05, 0.1) is 0 Å². The standard InChI is InChI=1S/C15H19N5O/c16-12-6-11(7-12)13-8-14(20-19-13)18-15(21)4-3-10-2-1-5-17-9-10/h1-2,5,8-9,11-12H,3-4,6-7,16H2,(H2,18,19,20,21). The van der Waals surface area contributed by atoms with E-state index in [4.69, 9.17) is 5.73 Å². The molecule has 0 bridgehead atoms. The Kier molecular flexibility index (Phi) is 3.96. The molecule has 110 valence electrons. The third-order valence-corrected chi connectivity index (χ3v) is 3.84. The molecule has 0 saturated heterocycles. The van der Waals surface area contributed by atoms with Crippen LogP contribution in [0.25, 0.3) is 0 Å². The average Bonchev–Trinajstić information content (AvgIpc) is 2.91. The number of nitrogens with two attached hydrogens (primary N) is 1. The van der Waals surface area contributed by atoms with Gasteiger partial charge in [-0.15, -0.1) is 0 Å². The number of amides is 1. The Balaban J connectivity index is 1.48. The van der Waals surface area contributed by atoms with Gasteiger partial charge in [-0.3, -0.25) is 14.9 Å². The molecule has 2 aromatic rings. The van der Waals surface area contributed by atoms with Gasteiger partial charge >= 0.3 is 0 Å². The number of nitrogens with zero attached hydrogens (tertiary/aromatic N) is 2. The first-order chi connectivity index (χ1) is 10.2. The summed E-state index contributed by atoms with van der Waals surface area (Å²) in [6, 6.07) is 6.04. The predicted molar refractivity (Wildman–Crippen MR) is 79.7 cm³/mol. The zero-order chi connectivity index (χ0) is 14.7. The summed E-state index contributed by atoms with van der Waals surface area (Å²) in [6.07, 6.45) is 6.56. The van der Waals surface area contributed by atoms with Crippen molar-refractivity contribution in [1.82, 2.24) is 15.2 Å². The van der Waals surface area contributed by atoms with Crippen molar-refractivity contribution in [2.45, 2.75) is 37.6 Å². The van der Waals surface area contributed by atoms with Crippen molar-refractivity contribution in [3.8, 4) is 0 Å². The summed E-state index contributed by atoms with van der Waals surface area (Å²) in [5, 5.41) is 9.92. The lowest BCUT2D eigenvalue weighted by Crippen LogP contribution is -2.34. The van der Waals surface area contributed by atoms with Crippen molar-refractivity contribution < 1.29 is 4.79 Å². The molecule has 1 aliphatic rings. The van der Waals surface area contributed by atoms with Gasteiger partial charge in [-0.25, -0.2) is 0 Å². The van der Waals surface area contributed by atoms with E-state index in [1.54, 1.807) is 12.4 Å². The van der Waals surface area contributed by atoms with Crippen LogP contribution in [0.2, 0.25) is 0 Å². The van der Waals surface area contributed by atoms with Crippen LogP contribution in [0.15, 0.2) is 30.6 Å². The second-order valence-electron chi connectivity index (χ2n) is 5.55. The largest absolute Gasteiger partial charge is 0.328 e. The predicted octanol–water partition coefficient (Wildman–Crippen LogP) is 1.58. The maximum Gasteiger partial charge on any atom is 0.225 e. The lowest BCUT2D eigenvalue weighted by atomic mass is 9.79. The van der Waals surface area contributed by atoms with Gasteiger partial charge in [-0.1, -0.05) is 6.07 Å². The Bertz CT molecular complexity index is 604. The SMILES string of the molecule is NC1CC(c2cc(NC(=O)CCc3cccnc3)n[nH]2)C1. The van der Waals surface area contributed by atoms with E-state index < -0.39 is 0 Å². The highest BCUT2D eigenvalue weighted by Gasteiger charge is 2.28. The summed E-state index contributed by atoms with van der Waals surface area (Å²) >= 11 is 0. The zero-order valence-electron chi connectivity index (χ0n) is 11.7. The molecule has 3 rings (SSSR count). The Hall–Kier alpha value is -2.21. The molecule has 2 aromatic heterocycles. The third-order valence-electron chi connectivity index (χ3n) is 3.84. The van der Waals surface area contributed by atoms with Gasteiger partial charge in [-0.2, -0.15) is 5.10 Å². The number of aromatic amines is 1. The molecule has 1 saturated carbocycles. The molecule has 1 fully saturated rings. The minimum absolute atomic E-state index is 0.0396. The molecule has 0 unspecified atom stereocenters. The highest BCUT2D eigenvalue weighted by molar-refractivity contribution is 5.89.